The maximum Gasteiger partial charge on any atom is 0.433 e. The summed E-state index contributed by atoms with van der Waals surface area (Å²) < 4.78 is 66.0. The summed E-state index contributed by atoms with van der Waals surface area (Å²) in [7, 11) is -2.17. The summed E-state index contributed by atoms with van der Waals surface area (Å²) in [4.78, 5) is 19.1. The van der Waals surface area contributed by atoms with E-state index in [1.165, 1.54) is 24.5 Å². The number of carbonyl (C=O) groups is 1. The highest BCUT2D eigenvalue weighted by atomic mass is 32.2. The van der Waals surface area contributed by atoms with E-state index in [0.717, 1.165) is 12.3 Å². The Kier molecular flexibility index (Phi) is 5.35. The van der Waals surface area contributed by atoms with Gasteiger partial charge in [-0.25, -0.2) is 18.4 Å². The molecule has 1 amide bonds. The number of alkyl halides is 3. The van der Waals surface area contributed by atoms with Crippen LogP contribution in [-0.4, -0.2) is 34.6 Å². The second kappa shape index (κ2) is 7.38. The quantitative estimate of drug-likeness (QED) is 0.668. The Morgan fingerprint density at radius 2 is 1.90 bits per heavy atom. The highest BCUT2D eigenvalue weighted by Gasteiger charge is 2.33. The van der Waals surface area contributed by atoms with Crippen LogP contribution in [0, 0.1) is 6.92 Å². The van der Waals surface area contributed by atoms with E-state index in [0.29, 0.717) is 16.8 Å². The molecule has 0 unspecified atom stereocenters. The summed E-state index contributed by atoms with van der Waals surface area (Å²) in [6, 6.07) is 3.72. The molecule has 0 aliphatic heterocycles. The van der Waals surface area contributed by atoms with Crippen molar-refractivity contribution in [2.45, 2.75) is 31.8 Å². The maximum absolute atomic E-state index is 13.0. The molecule has 3 rings (SSSR count). The van der Waals surface area contributed by atoms with Crippen LogP contribution in [0.3, 0.4) is 0 Å². The Balaban J connectivity index is 2.31. The molecule has 30 heavy (non-hydrogen) atoms. The number of nitrogens with zero attached hydrogens (tertiary/aromatic N) is 3. The van der Waals surface area contributed by atoms with Crippen molar-refractivity contribution in [2.24, 2.45) is 7.05 Å². The second-order valence-electron chi connectivity index (χ2n) is 6.80. The van der Waals surface area contributed by atoms with Crippen LogP contribution in [0.25, 0.3) is 22.4 Å². The van der Waals surface area contributed by atoms with Crippen LogP contribution in [0.15, 0.2) is 29.3 Å². The zero-order chi connectivity index (χ0) is 22.4. The van der Waals surface area contributed by atoms with E-state index in [4.69, 9.17) is 0 Å². The third-order valence-corrected chi connectivity index (χ3v) is 6.42. The number of anilines is 1. The molecule has 0 aliphatic carbocycles. The van der Waals surface area contributed by atoms with E-state index in [1.54, 1.807) is 20.0 Å². The number of rotatable bonds is 4. The van der Waals surface area contributed by atoms with Crippen molar-refractivity contribution in [1.82, 2.24) is 14.5 Å². The van der Waals surface area contributed by atoms with Gasteiger partial charge in [0.05, 0.1) is 27.9 Å². The van der Waals surface area contributed by atoms with Gasteiger partial charge in [-0.2, -0.15) is 13.2 Å². The molecule has 1 N–H and O–H groups in total. The van der Waals surface area contributed by atoms with Crippen molar-refractivity contribution in [2.75, 3.05) is 11.1 Å². The molecule has 0 bridgehead atoms. The van der Waals surface area contributed by atoms with Crippen LogP contribution in [0.2, 0.25) is 0 Å². The summed E-state index contributed by atoms with van der Waals surface area (Å²) >= 11 is 0. The highest BCUT2D eigenvalue weighted by molar-refractivity contribution is 7.91. The van der Waals surface area contributed by atoms with E-state index in [-0.39, 0.29) is 33.5 Å². The van der Waals surface area contributed by atoms with Crippen LogP contribution in [0.5, 0.6) is 0 Å². The van der Waals surface area contributed by atoms with Crippen molar-refractivity contribution in [3.63, 3.8) is 0 Å². The summed E-state index contributed by atoms with van der Waals surface area (Å²) in [5.41, 5.74) is 0.420. The van der Waals surface area contributed by atoms with Crippen molar-refractivity contribution in [3.8, 4) is 11.4 Å². The molecule has 2 aromatic heterocycles. The molecule has 7 nitrogen and oxygen atoms in total. The van der Waals surface area contributed by atoms with Crippen LogP contribution in [0.4, 0.5) is 18.9 Å². The normalized spacial score (nSPS) is 12.4. The molecular weight excluding hydrogens is 421 g/mol. The van der Waals surface area contributed by atoms with Gasteiger partial charge >= 0.3 is 6.18 Å². The average Bonchev–Trinajstić information content (AvgIpc) is 2.98. The molecule has 0 spiro atoms. The number of pyridine rings is 1. The van der Waals surface area contributed by atoms with E-state index < -0.39 is 21.7 Å². The molecule has 0 saturated heterocycles. The number of nitrogens with one attached hydrogen (secondary N) is 1. The van der Waals surface area contributed by atoms with Gasteiger partial charge in [-0.05, 0) is 30.7 Å². The minimum atomic E-state index is -4.63. The first-order chi connectivity index (χ1) is 13.8. The Hall–Kier alpha value is -2.95. The monoisotopic (exact) mass is 440 g/mol. The molecule has 1 aromatic carbocycles. The van der Waals surface area contributed by atoms with Crippen LogP contribution in [0.1, 0.15) is 25.1 Å². The molecule has 160 valence electrons. The van der Waals surface area contributed by atoms with Crippen LogP contribution >= 0.6 is 0 Å². The zero-order valence-electron chi connectivity index (χ0n) is 16.6. The van der Waals surface area contributed by atoms with Gasteiger partial charge in [-0.15, -0.1) is 0 Å². The number of amides is 1. The lowest BCUT2D eigenvalue weighted by Gasteiger charge is -2.15. The van der Waals surface area contributed by atoms with Gasteiger partial charge in [0.15, 0.2) is 9.84 Å². The number of aryl methyl sites for hydroxylation is 2. The van der Waals surface area contributed by atoms with Gasteiger partial charge in [0.1, 0.15) is 11.5 Å². The SMILES string of the molecule is CCS(=O)(=O)c1cc(NC(C)=O)c(C)cc1-c1nc2cc(C(F)(F)F)ncc2n1C. The second-order valence-corrected chi connectivity index (χ2v) is 9.05. The number of benzene rings is 1. The molecule has 0 atom stereocenters. The third-order valence-electron chi connectivity index (χ3n) is 4.65. The van der Waals surface area contributed by atoms with Crippen LogP contribution in [-0.2, 0) is 27.9 Å². The predicted molar refractivity (Wildman–Crippen MR) is 106 cm³/mol. The fourth-order valence-corrected chi connectivity index (χ4v) is 4.18. The third kappa shape index (κ3) is 3.89. The van der Waals surface area contributed by atoms with Crippen molar-refractivity contribution in [3.05, 3.63) is 35.7 Å². The van der Waals surface area contributed by atoms with Gasteiger partial charge in [0, 0.05) is 25.2 Å². The van der Waals surface area contributed by atoms with Crippen molar-refractivity contribution >= 4 is 32.5 Å². The molecule has 0 fully saturated rings. The number of halogens is 3. The Bertz CT molecular complexity index is 1260. The molecule has 0 saturated carbocycles. The van der Waals surface area contributed by atoms with Gasteiger partial charge in [-0.1, -0.05) is 6.92 Å². The highest BCUT2D eigenvalue weighted by Crippen LogP contribution is 2.35. The number of hydrogen-bond donors (Lipinski definition) is 1. The van der Waals surface area contributed by atoms with Crippen molar-refractivity contribution < 1.29 is 26.4 Å². The predicted octanol–water partition coefficient (Wildman–Crippen LogP) is 3.71. The Morgan fingerprint density at radius 3 is 2.47 bits per heavy atom. The van der Waals surface area contributed by atoms with E-state index in [9.17, 15) is 26.4 Å². The number of aromatic nitrogens is 3. The first-order valence-corrected chi connectivity index (χ1v) is 10.6. The summed E-state index contributed by atoms with van der Waals surface area (Å²) in [6.07, 6.45) is -3.57. The smallest absolute Gasteiger partial charge is 0.326 e. The number of imidazole rings is 1. The topological polar surface area (TPSA) is 93.9 Å². The van der Waals surface area contributed by atoms with Gasteiger partial charge in [0.25, 0.3) is 0 Å². The largest absolute Gasteiger partial charge is 0.433 e. The van der Waals surface area contributed by atoms with Crippen LogP contribution < -0.4 is 5.32 Å². The Morgan fingerprint density at radius 1 is 1.23 bits per heavy atom. The van der Waals surface area contributed by atoms with Crippen molar-refractivity contribution in [1.29, 1.82) is 0 Å². The first kappa shape index (κ1) is 21.8. The standard InChI is InChI=1S/C19H19F3N4O3S/c1-5-30(28,29)16-7-13(24-11(3)27)10(2)6-12(16)18-25-14-8-17(19(20,21)22)23-9-15(14)26(18)4/h6-9H,5H2,1-4H3,(H,24,27). The lowest BCUT2D eigenvalue weighted by Crippen LogP contribution is -2.12. The zero-order valence-corrected chi connectivity index (χ0v) is 17.4. The lowest BCUT2D eigenvalue weighted by atomic mass is 10.1. The average molecular weight is 440 g/mol. The lowest BCUT2D eigenvalue weighted by molar-refractivity contribution is -0.141. The van der Waals surface area contributed by atoms with E-state index in [1.807, 2.05) is 0 Å². The number of fused-ring (bicyclic) bond motifs is 1. The molecule has 11 heteroatoms. The first-order valence-electron chi connectivity index (χ1n) is 8.90. The van der Waals surface area contributed by atoms with Gasteiger partial charge in [-0.3, -0.25) is 4.79 Å². The molecule has 2 heterocycles. The minimum Gasteiger partial charge on any atom is -0.326 e. The summed E-state index contributed by atoms with van der Waals surface area (Å²) in [5.74, 6) is -0.387. The molecular formula is C19H19F3N4O3S. The minimum absolute atomic E-state index is 0.0401. The summed E-state index contributed by atoms with van der Waals surface area (Å²) in [5, 5.41) is 2.59. The van der Waals surface area contributed by atoms with Gasteiger partial charge < -0.3 is 9.88 Å². The molecule has 0 radical (unpaired) electrons. The molecule has 0 aliphatic rings. The fourth-order valence-electron chi connectivity index (χ4n) is 3.08. The maximum atomic E-state index is 13.0. The fraction of sp³-hybridized carbons (Fsp3) is 0.316. The summed E-state index contributed by atoms with van der Waals surface area (Å²) in [6.45, 7) is 4.46. The number of hydrogen-bond acceptors (Lipinski definition) is 5. The number of carbonyl (C=O) groups excluding carboxylic acids is 1. The molecule has 3 aromatic rings. The van der Waals surface area contributed by atoms with E-state index >= 15 is 0 Å². The number of sulfone groups is 1. The van der Waals surface area contributed by atoms with Gasteiger partial charge in [0.2, 0.25) is 5.91 Å². The Labute approximate surface area is 170 Å². The van der Waals surface area contributed by atoms with E-state index in [2.05, 4.69) is 15.3 Å².